The molecule has 0 aliphatic heterocycles. The fourth-order valence-electron chi connectivity index (χ4n) is 2.58. The lowest BCUT2D eigenvalue weighted by atomic mass is 10.3. The number of nitrogens with zero attached hydrogens (tertiary/aromatic N) is 4. The van der Waals surface area contributed by atoms with Gasteiger partial charge in [0.05, 0.1) is 24.3 Å². The Hall–Kier alpha value is -3.88. The van der Waals surface area contributed by atoms with E-state index in [-0.39, 0.29) is 17.3 Å². The highest BCUT2D eigenvalue weighted by atomic mass is 16.6. The summed E-state index contributed by atoms with van der Waals surface area (Å²) in [6.45, 7) is 0.715. The second-order valence-electron chi connectivity index (χ2n) is 6.17. The molecule has 9 nitrogen and oxygen atoms in total. The summed E-state index contributed by atoms with van der Waals surface area (Å²) in [5.41, 5.74) is 0.893. The number of non-ortho nitro benzene ring substituents is 1. The van der Waals surface area contributed by atoms with Crippen LogP contribution in [0, 0.1) is 10.1 Å². The molecule has 0 saturated heterocycles. The van der Waals surface area contributed by atoms with Crippen molar-refractivity contribution < 1.29 is 19.2 Å². The molecule has 0 radical (unpaired) electrons. The first-order valence-electron chi connectivity index (χ1n) is 8.81. The number of methoxy groups -OCH3 is 1. The molecule has 0 saturated carbocycles. The number of hydrogen-bond acceptors (Lipinski definition) is 6. The zero-order valence-corrected chi connectivity index (χ0v) is 16.0. The van der Waals surface area contributed by atoms with Gasteiger partial charge in [0, 0.05) is 25.4 Å². The minimum Gasteiger partial charge on any atom is -0.497 e. The molecule has 1 aromatic heterocycles. The summed E-state index contributed by atoms with van der Waals surface area (Å²) >= 11 is 0. The number of nitro benzene ring substituents is 1. The normalized spacial score (nSPS) is 10.4. The van der Waals surface area contributed by atoms with Gasteiger partial charge in [-0.3, -0.25) is 14.9 Å². The predicted molar refractivity (Wildman–Crippen MR) is 106 cm³/mol. The van der Waals surface area contributed by atoms with E-state index in [0.717, 1.165) is 5.75 Å². The first kappa shape index (κ1) is 19.9. The van der Waals surface area contributed by atoms with E-state index in [9.17, 15) is 14.9 Å². The SMILES string of the molecule is COc1ccc(OCCN(C)C(=O)c2ccn(-c3ccc([N+](=O)[O-])cc3)n2)cc1. The lowest BCUT2D eigenvalue weighted by molar-refractivity contribution is -0.384. The third-order valence-corrected chi connectivity index (χ3v) is 4.23. The van der Waals surface area contributed by atoms with Crippen LogP contribution in [0.15, 0.2) is 60.8 Å². The molecule has 9 heteroatoms. The molecular weight excluding hydrogens is 376 g/mol. The maximum Gasteiger partial charge on any atom is 0.274 e. The molecule has 3 aromatic rings. The summed E-state index contributed by atoms with van der Waals surface area (Å²) in [5.74, 6) is 1.19. The number of amides is 1. The minimum absolute atomic E-state index is 0.00574. The van der Waals surface area contributed by atoms with Gasteiger partial charge in [0.2, 0.25) is 0 Å². The fraction of sp³-hybridized carbons (Fsp3) is 0.200. The Labute approximate surface area is 167 Å². The molecule has 0 aliphatic carbocycles. The van der Waals surface area contributed by atoms with Crippen molar-refractivity contribution in [1.82, 2.24) is 14.7 Å². The van der Waals surface area contributed by atoms with Crippen molar-refractivity contribution in [3.63, 3.8) is 0 Å². The topological polar surface area (TPSA) is 99.7 Å². The Bertz CT molecular complexity index is 983. The van der Waals surface area contributed by atoms with E-state index < -0.39 is 4.92 Å². The number of aromatic nitrogens is 2. The zero-order valence-electron chi connectivity index (χ0n) is 16.0. The smallest absolute Gasteiger partial charge is 0.274 e. The van der Waals surface area contributed by atoms with Crippen LogP contribution in [0.25, 0.3) is 5.69 Å². The lowest BCUT2D eigenvalue weighted by Gasteiger charge is -2.16. The number of benzene rings is 2. The maximum atomic E-state index is 12.5. The number of carbonyl (C=O) groups excluding carboxylic acids is 1. The molecule has 0 N–H and O–H groups in total. The fourth-order valence-corrected chi connectivity index (χ4v) is 2.58. The van der Waals surface area contributed by atoms with Gasteiger partial charge in [-0.1, -0.05) is 0 Å². The highest BCUT2D eigenvalue weighted by molar-refractivity contribution is 5.92. The summed E-state index contributed by atoms with van der Waals surface area (Å²) in [6, 6.07) is 14.7. The molecule has 29 heavy (non-hydrogen) atoms. The van der Waals surface area contributed by atoms with E-state index in [2.05, 4.69) is 5.10 Å². The van der Waals surface area contributed by atoms with Gasteiger partial charge >= 0.3 is 0 Å². The molecule has 0 unspecified atom stereocenters. The van der Waals surface area contributed by atoms with Gasteiger partial charge < -0.3 is 14.4 Å². The average molecular weight is 396 g/mol. The quantitative estimate of drug-likeness (QED) is 0.429. The lowest BCUT2D eigenvalue weighted by Crippen LogP contribution is -2.31. The van der Waals surface area contributed by atoms with Crippen molar-refractivity contribution >= 4 is 11.6 Å². The number of nitro groups is 1. The maximum absolute atomic E-state index is 12.5. The highest BCUT2D eigenvalue weighted by Gasteiger charge is 2.15. The van der Waals surface area contributed by atoms with Crippen molar-refractivity contribution in [2.45, 2.75) is 0 Å². The Morgan fingerprint density at radius 2 is 1.76 bits per heavy atom. The van der Waals surface area contributed by atoms with E-state index in [4.69, 9.17) is 9.47 Å². The Morgan fingerprint density at radius 3 is 2.38 bits per heavy atom. The minimum atomic E-state index is -0.467. The first-order chi connectivity index (χ1) is 14.0. The van der Waals surface area contributed by atoms with Crippen LogP contribution in [0.4, 0.5) is 5.69 Å². The van der Waals surface area contributed by atoms with Crippen LogP contribution in [-0.4, -0.2) is 52.8 Å². The van der Waals surface area contributed by atoms with Crippen molar-refractivity contribution in [3.05, 3.63) is 76.6 Å². The number of ether oxygens (including phenoxy) is 2. The highest BCUT2D eigenvalue weighted by Crippen LogP contribution is 2.17. The van der Waals surface area contributed by atoms with Crippen molar-refractivity contribution in [3.8, 4) is 17.2 Å². The van der Waals surface area contributed by atoms with Crippen LogP contribution in [0.2, 0.25) is 0 Å². The van der Waals surface area contributed by atoms with Crippen LogP contribution in [0.5, 0.6) is 11.5 Å². The van der Waals surface area contributed by atoms with E-state index >= 15 is 0 Å². The number of rotatable bonds is 8. The molecule has 1 amide bonds. The summed E-state index contributed by atoms with van der Waals surface area (Å²) in [4.78, 5) is 24.3. The molecule has 0 spiro atoms. The Kier molecular flexibility index (Phi) is 6.08. The second-order valence-corrected chi connectivity index (χ2v) is 6.17. The van der Waals surface area contributed by atoms with Gasteiger partial charge in [-0.15, -0.1) is 0 Å². The van der Waals surface area contributed by atoms with Gasteiger partial charge in [-0.2, -0.15) is 5.10 Å². The Balaban J connectivity index is 1.56. The third-order valence-electron chi connectivity index (χ3n) is 4.23. The van der Waals surface area contributed by atoms with Crippen LogP contribution >= 0.6 is 0 Å². The van der Waals surface area contributed by atoms with E-state index in [1.54, 1.807) is 62.8 Å². The van der Waals surface area contributed by atoms with Crippen LogP contribution in [0.3, 0.4) is 0 Å². The monoisotopic (exact) mass is 396 g/mol. The van der Waals surface area contributed by atoms with Gasteiger partial charge in [0.1, 0.15) is 18.1 Å². The summed E-state index contributed by atoms with van der Waals surface area (Å²) < 4.78 is 12.2. The van der Waals surface area contributed by atoms with Gasteiger partial charge in [-0.05, 0) is 42.5 Å². The van der Waals surface area contributed by atoms with Gasteiger partial charge in [-0.25, -0.2) is 4.68 Å². The first-order valence-corrected chi connectivity index (χ1v) is 8.81. The van der Waals surface area contributed by atoms with Crippen LogP contribution in [-0.2, 0) is 0 Å². The summed E-state index contributed by atoms with van der Waals surface area (Å²) in [5, 5.41) is 15.0. The largest absolute Gasteiger partial charge is 0.497 e. The van der Waals surface area contributed by atoms with Crippen LogP contribution in [0.1, 0.15) is 10.5 Å². The van der Waals surface area contributed by atoms with Crippen LogP contribution < -0.4 is 9.47 Å². The average Bonchev–Trinajstić information content (AvgIpc) is 3.24. The van der Waals surface area contributed by atoms with Crippen molar-refractivity contribution in [2.75, 3.05) is 27.3 Å². The van der Waals surface area contributed by atoms with E-state index in [1.165, 1.54) is 21.7 Å². The van der Waals surface area contributed by atoms with E-state index in [1.807, 2.05) is 0 Å². The van der Waals surface area contributed by atoms with Crippen molar-refractivity contribution in [2.24, 2.45) is 0 Å². The molecule has 0 bridgehead atoms. The third kappa shape index (κ3) is 4.89. The molecule has 3 rings (SSSR count). The summed E-state index contributed by atoms with van der Waals surface area (Å²) in [6.07, 6.45) is 1.64. The van der Waals surface area contributed by atoms with Crippen molar-refractivity contribution in [1.29, 1.82) is 0 Å². The van der Waals surface area contributed by atoms with Gasteiger partial charge in [0.25, 0.3) is 11.6 Å². The molecule has 1 heterocycles. The Morgan fingerprint density at radius 1 is 1.10 bits per heavy atom. The number of hydrogen-bond donors (Lipinski definition) is 0. The standard InChI is InChI=1S/C20H20N4O5/c1-22(13-14-29-18-9-7-17(28-2)8-10-18)20(25)19-11-12-23(21-19)15-3-5-16(6-4-15)24(26)27/h3-12H,13-14H2,1-2H3. The van der Waals surface area contributed by atoms with E-state index in [0.29, 0.717) is 24.6 Å². The molecule has 2 aromatic carbocycles. The molecular formula is C20H20N4O5. The second kappa shape index (κ2) is 8.87. The summed E-state index contributed by atoms with van der Waals surface area (Å²) in [7, 11) is 3.27. The number of likely N-dealkylation sites (N-methyl/N-ethyl adjacent to an activating group) is 1. The molecule has 150 valence electrons. The zero-order chi connectivity index (χ0) is 20.8. The van der Waals surface area contributed by atoms with Gasteiger partial charge in [0.15, 0.2) is 5.69 Å². The number of carbonyl (C=O) groups is 1. The molecule has 0 aliphatic rings. The molecule has 0 atom stereocenters. The predicted octanol–water partition coefficient (Wildman–Crippen LogP) is 2.94. The molecule has 0 fully saturated rings.